The van der Waals surface area contributed by atoms with Crippen LogP contribution in [0.1, 0.15) is 0 Å². The molecule has 1 heterocycles. The van der Waals surface area contributed by atoms with Crippen LogP contribution in [0.3, 0.4) is 0 Å². The number of carbonyl (C=O) groups is 1. The number of hydrogen-bond acceptors (Lipinski definition) is 1. The van der Waals surface area contributed by atoms with Crippen molar-refractivity contribution in [3.05, 3.63) is 12.2 Å². The standard InChI is InChI=1S/C6H8N2O/c1-8-5-3-2-4-7-6(8)9/h2-4H,5H2,1H3. The van der Waals surface area contributed by atoms with Gasteiger partial charge in [0.05, 0.1) is 0 Å². The van der Waals surface area contributed by atoms with Crippen LogP contribution < -0.4 is 0 Å². The second-order valence-corrected chi connectivity index (χ2v) is 1.87. The Balaban J connectivity index is 2.69. The number of urea groups is 1. The van der Waals surface area contributed by atoms with Crippen LogP contribution in [0.15, 0.2) is 17.1 Å². The number of amides is 2. The molecule has 0 saturated carbocycles. The number of hydrogen-bond donors (Lipinski definition) is 0. The SMILES string of the molecule is CN1CC=CC=NC1=O. The van der Waals surface area contributed by atoms with Gasteiger partial charge in [0.1, 0.15) is 0 Å². The van der Waals surface area contributed by atoms with Gasteiger partial charge < -0.3 is 4.90 Å². The normalized spacial score (nSPS) is 18.3. The molecular formula is C6H8N2O. The molecule has 0 radical (unpaired) electrons. The molecule has 0 saturated heterocycles. The summed E-state index contributed by atoms with van der Waals surface area (Å²) in [5.74, 6) is 0. The molecule has 0 atom stereocenters. The second-order valence-electron chi connectivity index (χ2n) is 1.87. The van der Waals surface area contributed by atoms with E-state index < -0.39 is 0 Å². The molecule has 0 aromatic rings. The van der Waals surface area contributed by atoms with Crippen molar-refractivity contribution in [1.82, 2.24) is 4.90 Å². The van der Waals surface area contributed by atoms with Crippen LogP contribution in [0.25, 0.3) is 0 Å². The molecule has 1 aliphatic rings. The largest absolute Gasteiger partial charge is 0.343 e. The fourth-order valence-corrected chi connectivity index (χ4v) is 0.563. The molecule has 0 fully saturated rings. The van der Waals surface area contributed by atoms with E-state index in [1.165, 1.54) is 6.21 Å². The highest BCUT2D eigenvalue weighted by Gasteiger charge is 2.03. The van der Waals surface area contributed by atoms with Gasteiger partial charge in [-0.3, -0.25) is 0 Å². The summed E-state index contributed by atoms with van der Waals surface area (Å²) in [6.45, 7) is 0.652. The summed E-state index contributed by atoms with van der Waals surface area (Å²) >= 11 is 0. The number of rotatable bonds is 0. The molecule has 48 valence electrons. The molecule has 0 aliphatic carbocycles. The number of carbonyl (C=O) groups excluding carboxylic acids is 1. The molecule has 1 rings (SSSR count). The van der Waals surface area contributed by atoms with E-state index >= 15 is 0 Å². The van der Waals surface area contributed by atoms with Crippen molar-refractivity contribution >= 4 is 12.2 Å². The Hall–Kier alpha value is -1.12. The third kappa shape index (κ3) is 1.38. The zero-order valence-electron chi connectivity index (χ0n) is 5.24. The fourth-order valence-electron chi connectivity index (χ4n) is 0.563. The Labute approximate surface area is 53.7 Å². The van der Waals surface area contributed by atoms with Crippen LogP contribution in [-0.4, -0.2) is 30.7 Å². The van der Waals surface area contributed by atoms with Crippen molar-refractivity contribution in [2.75, 3.05) is 13.6 Å². The molecule has 0 N–H and O–H groups in total. The van der Waals surface area contributed by atoms with E-state index in [4.69, 9.17) is 0 Å². The summed E-state index contributed by atoms with van der Waals surface area (Å²) in [6.07, 6.45) is 5.15. The monoisotopic (exact) mass is 124 g/mol. The van der Waals surface area contributed by atoms with Crippen LogP contribution >= 0.6 is 0 Å². The first-order valence-electron chi connectivity index (χ1n) is 2.75. The van der Waals surface area contributed by atoms with Gasteiger partial charge in [-0.25, -0.2) is 9.79 Å². The highest BCUT2D eigenvalue weighted by atomic mass is 16.2. The van der Waals surface area contributed by atoms with Crippen molar-refractivity contribution in [1.29, 1.82) is 0 Å². The van der Waals surface area contributed by atoms with E-state index in [1.807, 2.05) is 6.08 Å². The van der Waals surface area contributed by atoms with Gasteiger partial charge in [-0.05, 0) is 6.08 Å². The smallest absolute Gasteiger partial charge is 0.322 e. The van der Waals surface area contributed by atoms with E-state index in [-0.39, 0.29) is 6.03 Å². The van der Waals surface area contributed by atoms with Gasteiger partial charge in [0.2, 0.25) is 0 Å². The Morgan fingerprint density at radius 3 is 3.33 bits per heavy atom. The van der Waals surface area contributed by atoms with Gasteiger partial charge in [0.25, 0.3) is 0 Å². The molecule has 0 bridgehead atoms. The molecule has 1 aliphatic heterocycles. The zero-order valence-corrected chi connectivity index (χ0v) is 5.24. The maximum Gasteiger partial charge on any atom is 0.343 e. The molecular weight excluding hydrogens is 116 g/mol. The molecule has 0 aromatic carbocycles. The molecule has 0 aromatic heterocycles. The van der Waals surface area contributed by atoms with Gasteiger partial charge in [-0.15, -0.1) is 0 Å². The van der Waals surface area contributed by atoms with Crippen LogP contribution in [0.5, 0.6) is 0 Å². The minimum atomic E-state index is -0.181. The van der Waals surface area contributed by atoms with Crippen molar-refractivity contribution in [3.8, 4) is 0 Å². The number of allylic oxidation sites excluding steroid dienone is 1. The first-order valence-corrected chi connectivity index (χ1v) is 2.75. The highest BCUT2D eigenvalue weighted by Crippen LogP contribution is 1.91. The molecule has 2 amide bonds. The van der Waals surface area contributed by atoms with Crippen LogP contribution in [-0.2, 0) is 0 Å². The Kier molecular flexibility index (Phi) is 1.63. The predicted molar refractivity (Wildman–Crippen MR) is 35.7 cm³/mol. The molecule has 9 heavy (non-hydrogen) atoms. The molecule has 3 heteroatoms. The predicted octanol–water partition coefficient (Wildman–Crippen LogP) is 0.679. The average molecular weight is 124 g/mol. The lowest BCUT2D eigenvalue weighted by atomic mass is 10.5. The quantitative estimate of drug-likeness (QED) is 0.467. The van der Waals surface area contributed by atoms with Gasteiger partial charge in [-0.1, -0.05) is 6.08 Å². The maximum atomic E-state index is 10.7. The topological polar surface area (TPSA) is 32.7 Å². The van der Waals surface area contributed by atoms with Crippen molar-refractivity contribution < 1.29 is 4.79 Å². The third-order valence-electron chi connectivity index (χ3n) is 1.11. The van der Waals surface area contributed by atoms with Crippen LogP contribution in [0.2, 0.25) is 0 Å². The molecule has 3 nitrogen and oxygen atoms in total. The van der Waals surface area contributed by atoms with E-state index in [2.05, 4.69) is 4.99 Å². The Morgan fingerprint density at radius 2 is 2.56 bits per heavy atom. The number of aliphatic imine (C=N–C) groups is 1. The number of nitrogens with zero attached hydrogens (tertiary/aromatic N) is 2. The van der Waals surface area contributed by atoms with Crippen LogP contribution in [0.4, 0.5) is 4.79 Å². The summed E-state index contributed by atoms with van der Waals surface area (Å²) in [5.41, 5.74) is 0. The summed E-state index contributed by atoms with van der Waals surface area (Å²) in [7, 11) is 1.72. The fraction of sp³-hybridized carbons (Fsp3) is 0.333. The lowest BCUT2D eigenvalue weighted by Crippen LogP contribution is -2.22. The molecule has 0 spiro atoms. The summed E-state index contributed by atoms with van der Waals surface area (Å²) in [5, 5.41) is 0. The first kappa shape index (κ1) is 6.01. The summed E-state index contributed by atoms with van der Waals surface area (Å²) < 4.78 is 0. The maximum absolute atomic E-state index is 10.7. The van der Waals surface area contributed by atoms with E-state index in [0.29, 0.717) is 6.54 Å². The van der Waals surface area contributed by atoms with Gasteiger partial charge in [-0.2, -0.15) is 0 Å². The van der Waals surface area contributed by atoms with Crippen LogP contribution in [0, 0.1) is 0 Å². The zero-order chi connectivity index (χ0) is 6.69. The summed E-state index contributed by atoms with van der Waals surface area (Å²) in [4.78, 5) is 15.8. The van der Waals surface area contributed by atoms with Crippen molar-refractivity contribution in [2.24, 2.45) is 4.99 Å². The van der Waals surface area contributed by atoms with Gasteiger partial charge >= 0.3 is 6.03 Å². The average Bonchev–Trinajstić information content (AvgIpc) is 1.99. The Morgan fingerprint density at radius 1 is 1.78 bits per heavy atom. The van der Waals surface area contributed by atoms with E-state index in [1.54, 1.807) is 18.0 Å². The number of likely N-dealkylation sites (N-methyl/N-ethyl adjacent to an activating group) is 1. The molecule has 0 unspecified atom stereocenters. The third-order valence-corrected chi connectivity index (χ3v) is 1.11. The lowest BCUT2D eigenvalue weighted by Gasteiger charge is -2.08. The van der Waals surface area contributed by atoms with Gasteiger partial charge in [0, 0.05) is 19.8 Å². The first-order chi connectivity index (χ1) is 4.30. The van der Waals surface area contributed by atoms with E-state index in [0.717, 1.165) is 0 Å². The lowest BCUT2D eigenvalue weighted by molar-refractivity contribution is 0.223. The summed E-state index contributed by atoms with van der Waals surface area (Å²) in [6, 6.07) is -0.181. The van der Waals surface area contributed by atoms with Crippen molar-refractivity contribution in [2.45, 2.75) is 0 Å². The minimum absolute atomic E-state index is 0.181. The van der Waals surface area contributed by atoms with E-state index in [9.17, 15) is 4.79 Å². The van der Waals surface area contributed by atoms with Gasteiger partial charge in [0.15, 0.2) is 0 Å². The van der Waals surface area contributed by atoms with Crippen molar-refractivity contribution in [3.63, 3.8) is 0 Å². The second kappa shape index (κ2) is 2.44. The Bertz CT molecular complexity index is 172. The highest BCUT2D eigenvalue weighted by molar-refractivity contribution is 5.88. The minimum Gasteiger partial charge on any atom is -0.322 e.